The molecular formula is C16H15N5O3P+. The molecule has 3 rings (SSSR count). The van der Waals surface area contributed by atoms with Crippen molar-refractivity contribution in [1.82, 2.24) is 19.5 Å². The lowest BCUT2D eigenvalue weighted by Crippen LogP contribution is -2.18. The maximum Gasteiger partial charge on any atom is 0.585 e. The van der Waals surface area contributed by atoms with Gasteiger partial charge in [0.2, 0.25) is 0 Å². The number of rotatable bonds is 7. The van der Waals surface area contributed by atoms with Gasteiger partial charge >= 0.3 is 8.03 Å². The largest absolute Gasteiger partial charge is 0.585 e. The summed E-state index contributed by atoms with van der Waals surface area (Å²) in [4.78, 5) is 12.2. The summed E-state index contributed by atoms with van der Waals surface area (Å²) in [5.74, 6) is 3.31. The first kappa shape index (κ1) is 16.8. The van der Waals surface area contributed by atoms with Crippen molar-refractivity contribution in [2.75, 3.05) is 12.1 Å². The van der Waals surface area contributed by atoms with Crippen LogP contribution in [0.15, 0.2) is 43.0 Å². The average molecular weight is 356 g/mol. The van der Waals surface area contributed by atoms with E-state index in [1.165, 1.54) is 6.33 Å². The van der Waals surface area contributed by atoms with Crippen molar-refractivity contribution < 1.29 is 13.8 Å². The number of nitrogens with two attached hydrogens (primary N) is 1. The van der Waals surface area contributed by atoms with E-state index in [9.17, 15) is 4.57 Å². The molecule has 0 fully saturated rings. The third-order valence-electron chi connectivity index (χ3n) is 3.31. The van der Waals surface area contributed by atoms with E-state index >= 15 is 0 Å². The van der Waals surface area contributed by atoms with Crippen LogP contribution in [-0.4, -0.2) is 32.0 Å². The van der Waals surface area contributed by atoms with E-state index in [4.69, 9.17) is 21.4 Å². The zero-order valence-corrected chi connectivity index (χ0v) is 14.0. The van der Waals surface area contributed by atoms with E-state index < -0.39 is 14.1 Å². The molecule has 0 radical (unpaired) electrons. The highest BCUT2D eigenvalue weighted by molar-refractivity contribution is 7.39. The minimum absolute atomic E-state index is 0.122. The smallest absolute Gasteiger partial charge is 0.382 e. The summed E-state index contributed by atoms with van der Waals surface area (Å²) in [7, 11) is -2.04. The van der Waals surface area contributed by atoms with Gasteiger partial charge in [0.1, 0.15) is 17.9 Å². The topological polar surface area (TPSA) is 105 Å². The number of anilines is 1. The summed E-state index contributed by atoms with van der Waals surface area (Å²) in [6.07, 6.45) is 7.67. The van der Waals surface area contributed by atoms with Gasteiger partial charge in [0.25, 0.3) is 6.35 Å². The molecule has 1 aromatic carbocycles. The first-order valence-corrected chi connectivity index (χ1v) is 8.70. The number of terminal acetylenes is 1. The van der Waals surface area contributed by atoms with Crippen molar-refractivity contribution in [3.05, 3.63) is 43.0 Å². The molecule has 0 spiro atoms. The Kier molecular flexibility index (Phi) is 5.19. The van der Waals surface area contributed by atoms with Gasteiger partial charge in [-0.15, -0.1) is 6.42 Å². The van der Waals surface area contributed by atoms with Crippen molar-refractivity contribution in [2.45, 2.75) is 12.6 Å². The fourth-order valence-corrected chi connectivity index (χ4v) is 2.85. The third-order valence-corrected chi connectivity index (χ3v) is 4.08. The van der Waals surface area contributed by atoms with Crippen LogP contribution in [0.3, 0.4) is 0 Å². The first-order valence-electron chi connectivity index (χ1n) is 7.34. The highest BCUT2D eigenvalue weighted by Gasteiger charge is 2.22. The van der Waals surface area contributed by atoms with E-state index in [1.54, 1.807) is 35.2 Å². The Labute approximate surface area is 144 Å². The van der Waals surface area contributed by atoms with Crippen LogP contribution in [0.25, 0.3) is 11.2 Å². The number of nitrogen functional groups attached to an aromatic ring is 1. The van der Waals surface area contributed by atoms with Gasteiger partial charge in [0.05, 0.1) is 12.9 Å². The lowest BCUT2D eigenvalue weighted by molar-refractivity contribution is 0.113. The number of para-hydroxylation sites is 1. The second kappa shape index (κ2) is 7.71. The van der Waals surface area contributed by atoms with Crippen molar-refractivity contribution in [2.24, 2.45) is 0 Å². The molecule has 3 aromatic rings. The molecule has 0 aliphatic carbocycles. The zero-order chi connectivity index (χ0) is 17.6. The molecule has 0 aliphatic rings. The fourth-order valence-electron chi connectivity index (χ4n) is 2.14. The highest BCUT2D eigenvalue weighted by Crippen LogP contribution is 2.27. The summed E-state index contributed by atoms with van der Waals surface area (Å²) < 4.78 is 24.5. The molecule has 0 amide bonds. The molecule has 2 unspecified atom stereocenters. The monoisotopic (exact) mass is 356 g/mol. The van der Waals surface area contributed by atoms with Gasteiger partial charge in [-0.3, -0.25) is 4.52 Å². The molecule has 0 bridgehead atoms. The van der Waals surface area contributed by atoms with Crippen LogP contribution in [0, 0.1) is 12.3 Å². The Morgan fingerprint density at radius 1 is 1.28 bits per heavy atom. The maximum absolute atomic E-state index is 12.0. The number of hydrogen-bond donors (Lipinski definition) is 1. The third kappa shape index (κ3) is 4.10. The van der Waals surface area contributed by atoms with Crippen molar-refractivity contribution >= 4 is 25.0 Å². The number of fused-ring (bicyclic) bond motifs is 1. The quantitative estimate of drug-likeness (QED) is 0.511. The minimum atomic E-state index is -2.04. The number of nitrogens with zero attached hydrogens (tertiary/aromatic N) is 4. The Morgan fingerprint density at radius 3 is 2.84 bits per heavy atom. The van der Waals surface area contributed by atoms with Gasteiger partial charge < -0.3 is 15.0 Å². The molecule has 0 saturated heterocycles. The molecule has 2 N–H and O–H groups in total. The van der Waals surface area contributed by atoms with Gasteiger partial charge in [0.15, 0.2) is 17.2 Å². The Balaban J connectivity index is 1.60. The van der Waals surface area contributed by atoms with E-state index in [0.717, 1.165) is 0 Å². The lowest BCUT2D eigenvalue weighted by atomic mass is 10.3. The number of hydrogen-bond acceptors (Lipinski definition) is 7. The second-order valence-corrected chi connectivity index (χ2v) is 6.12. The van der Waals surface area contributed by atoms with Gasteiger partial charge in [-0.1, -0.05) is 24.1 Å². The van der Waals surface area contributed by atoms with Crippen LogP contribution in [0.2, 0.25) is 0 Å². The number of aromatic nitrogens is 4. The zero-order valence-electron chi connectivity index (χ0n) is 13.1. The summed E-state index contributed by atoms with van der Waals surface area (Å²) in [6, 6.07) is 8.86. The van der Waals surface area contributed by atoms with E-state index in [0.29, 0.717) is 22.7 Å². The van der Waals surface area contributed by atoms with Crippen LogP contribution in [0.4, 0.5) is 5.82 Å². The molecule has 25 heavy (non-hydrogen) atoms. The Bertz CT molecular complexity index is 922. The molecule has 126 valence electrons. The van der Waals surface area contributed by atoms with Crippen LogP contribution < -0.4 is 10.3 Å². The molecule has 8 nitrogen and oxygen atoms in total. The maximum atomic E-state index is 12.0. The van der Waals surface area contributed by atoms with E-state index in [-0.39, 0.29) is 12.9 Å². The van der Waals surface area contributed by atoms with Crippen LogP contribution >= 0.6 is 8.03 Å². The molecule has 2 aromatic heterocycles. The van der Waals surface area contributed by atoms with Crippen molar-refractivity contribution in [3.63, 3.8) is 0 Å². The molecule has 0 saturated carbocycles. The standard InChI is InChI=1S/C16H15N5O3P/c1-2-12(23-11-25(22)24-13-6-4-3-5-7-13)8-21-10-20-14-15(17)18-9-19-16(14)21/h1,3-7,9-10,12H,8,11H2,(H2,17,18,19)/q+1. The predicted molar refractivity (Wildman–Crippen MR) is 93.0 cm³/mol. The van der Waals surface area contributed by atoms with E-state index in [1.807, 2.05) is 6.07 Å². The normalized spacial score (nSPS) is 12.5. The van der Waals surface area contributed by atoms with E-state index in [2.05, 4.69) is 20.9 Å². The van der Waals surface area contributed by atoms with Gasteiger partial charge in [0, 0.05) is 0 Å². The molecular weight excluding hydrogens is 341 g/mol. The SMILES string of the molecule is C#CC(Cn1cnc2c(N)ncnc21)OC[P+](=O)Oc1ccccc1. The summed E-state index contributed by atoms with van der Waals surface area (Å²) in [5, 5.41) is 0. The lowest BCUT2D eigenvalue weighted by Gasteiger charge is -2.09. The van der Waals surface area contributed by atoms with Crippen molar-refractivity contribution in [3.8, 4) is 18.1 Å². The number of benzene rings is 1. The van der Waals surface area contributed by atoms with Crippen LogP contribution in [-0.2, 0) is 15.8 Å². The van der Waals surface area contributed by atoms with Crippen LogP contribution in [0.1, 0.15) is 0 Å². The molecule has 0 aliphatic heterocycles. The van der Waals surface area contributed by atoms with Gasteiger partial charge in [-0.25, -0.2) is 15.0 Å². The summed E-state index contributed by atoms with van der Waals surface area (Å²) in [5.41, 5.74) is 6.80. The Hall–Kier alpha value is -3.01. The average Bonchev–Trinajstić information content (AvgIpc) is 3.04. The Morgan fingerprint density at radius 2 is 2.08 bits per heavy atom. The number of ether oxygens (including phenoxy) is 1. The van der Waals surface area contributed by atoms with Gasteiger partial charge in [-0.05, 0) is 16.7 Å². The highest BCUT2D eigenvalue weighted by atomic mass is 31.1. The molecule has 9 heteroatoms. The summed E-state index contributed by atoms with van der Waals surface area (Å²) in [6.45, 7) is 0.290. The summed E-state index contributed by atoms with van der Waals surface area (Å²) >= 11 is 0. The van der Waals surface area contributed by atoms with Gasteiger partial charge in [-0.2, -0.15) is 0 Å². The molecule has 2 atom stereocenters. The predicted octanol–water partition coefficient (Wildman–Crippen LogP) is 2.21. The minimum Gasteiger partial charge on any atom is -0.382 e. The second-order valence-electron chi connectivity index (χ2n) is 5.02. The number of imidazole rings is 1. The molecule has 2 heterocycles. The first-order chi connectivity index (χ1) is 12.2. The van der Waals surface area contributed by atoms with Crippen LogP contribution in [0.5, 0.6) is 5.75 Å². The fraction of sp³-hybridized carbons (Fsp3) is 0.188. The van der Waals surface area contributed by atoms with Crippen molar-refractivity contribution in [1.29, 1.82) is 0 Å².